The monoisotopic (exact) mass is 427 g/mol. The Bertz CT molecular complexity index is 1030. The first-order valence-corrected chi connectivity index (χ1v) is 11.2. The van der Waals surface area contributed by atoms with Gasteiger partial charge in [0, 0.05) is 37.2 Å². The third kappa shape index (κ3) is 5.77. The van der Waals surface area contributed by atoms with Gasteiger partial charge in [-0.25, -0.2) is 8.42 Å². The summed E-state index contributed by atoms with van der Waals surface area (Å²) in [5, 5.41) is 3.83. The molecule has 0 atom stereocenters. The molecular formula is C22H25N3O4S. The van der Waals surface area contributed by atoms with E-state index in [1.54, 1.807) is 29.2 Å². The maximum Gasteiger partial charge on any atom is 0.251 e. The highest BCUT2D eigenvalue weighted by Gasteiger charge is 2.27. The van der Waals surface area contributed by atoms with Crippen molar-refractivity contribution in [2.24, 2.45) is 0 Å². The maximum atomic E-state index is 12.5. The summed E-state index contributed by atoms with van der Waals surface area (Å²) in [6.45, 7) is 2.80. The lowest BCUT2D eigenvalue weighted by molar-refractivity contribution is -0.131. The van der Waals surface area contributed by atoms with Crippen LogP contribution in [0.2, 0.25) is 0 Å². The highest BCUT2D eigenvalue weighted by atomic mass is 32.2. The van der Waals surface area contributed by atoms with E-state index in [-0.39, 0.29) is 44.5 Å². The van der Waals surface area contributed by atoms with Crippen molar-refractivity contribution < 1.29 is 18.0 Å². The molecule has 1 saturated heterocycles. The summed E-state index contributed by atoms with van der Waals surface area (Å²) in [5.41, 5.74) is 2.27. The molecule has 30 heavy (non-hydrogen) atoms. The zero-order valence-electron chi connectivity index (χ0n) is 16.8. The SMILES string of the molecule is Cc1cccc(C(=O)NCC(=O)N2CCN(S(=O)(=O)C=Cc3ccccc3)CC2)c1. The predicted octanol–water partition coefficient (Wildman–Crippen LogP) is 1.87. The van der Waals surface area contributed by atoms with Crippen LogP contribution in [0.1, 0.15) is 21.5 Å². The number of hydrogen-bond acceptors (Lipinski definition) is 4. The van der Waals surface area contributed by atoms with E-state index in [1.807, 2.05) is 43.3 Å². The third-order valence-electron chi connectivity index (χ3n) is 4.86. The number of sulfonamides is 1. The lowest BCUT2D eigenvalue weighted by Gasteiger charge is -2.33. The van der Waals surface area contributed by atoms with Crippen LogP contribution in [0.25, 0.3) is 6.08 Å². The Hall–Kier alpha value is -2.97. The number of piperazine rings is 1. The second-order valence-electron chi connectivity index (χ2n) is 7.09. The topological polar surface area (TPSA) is 86.8 Å². The molecule has 1 N–H and O–H groups in total. The highest BCUT2D eigenvalue weighted by molar-refractivity contribution is 7.92. The van der Waals surface area contributed by atoms with Gasteiger partial charge in [-0.1, -0.05) is 48.0 Å². The molecule has 1 aliphatic heterocycles. The van der Waals surface area contributed by atoms with E-state index in [9.17, 15) is 18.0 Å². The lowest BCUT2D eigenvalue weighted by Crippen LogP contribution is -2.52. The molecule has 0 aromatic heterocycles. The number of aryl methyl sites for hydroxylation is 1. The third-order valence-corrected chi connectivity index (χ3v) is 6.43. The molecule has 1 fully saturated rings. The lowest BCUT2D eigenvalue weighted by atomic mass is 10.1. The van der Waals surface area contributed by atoms with Gasteiger partial charge in [0.15, 0.2) is 0 Å². The molecule has 8 heteroatoms. The van der Waals surface area contributed by atoms with Gasteiger partial charge in [-0.15, -0.1) is 0 Å². The van der Waals surface area contributed by atoms with Gasteiger partial charge in [0.1, 0.15) is 0 Å². The van der Waals surface area contributed by atoms with Gasteiger partial charge in [-0.2, -0.15) is 4.31 Å². The fourth-order valence-electron chi connectivity index (χ4n) is 3.16. The zero-order valence-corrected chi connectivity index (χ0v) is 17.6. The molecule has 7 nitrogen and oxygen atoms in total. The van der Waals surface area contributed by atoms with E-state index in [2.05, 4.69) is 5.32 Å². The van der Waals surface area contributed by atoms with Gasteiger partial charge in [-0.05, 0) is 30.7 Å². The molecule has 1 aliphatic rings. The minimum atomic E-state index is -3.55. The van der Waals surface area contributed by atoms with Crippen molar-refractivity contribution in [2.45, 2.75) is 6.92 Å². The van der Waals surface area contributed by atoms with Crippen LogP contribution in [-0.4, -0.2) is 62.2 Å². The van der Waals surface area contributed by atoms with Crippen molar-refractivity contribution in [2.75, 3.05) is 32.7 Å². The molecule has 3 rings (SSSR count). The normalized spacial score (nSPS) is 15.3. The molecule has 0 radical (unpaired) electrons. The Morgan fingerprint density at radius 2 is 1.70 bits per heavy atom. The predicted molar refractivity (Wildman–Crippen MR) is 116 cm³/mol. The average molecular weight is 428 g/mol. The van der Waals surface area contributed by atoms with Crippen LogP contribution in [0.5, 0.6) is 0 Å². The van der Waals surface area contributed by atoms with Gasteiger partial charge in [0.2, 0.25) is 15.9 Å². The molecule has 158 valence electrons. The second-order valence-corrected chi connectivity index (χ2v) is 8.91. The molecule has 1 heterocycles. The van der Waals surface area contributed by atoms with Crippen LogP contribution in [0.3, 0.4) is 0 Å². The molecule has 2 aromatic carbocycles. The Labute approximate surface area is 177 Å². The van der Waals surface area contributed by atoms with Crippen molar-refractivity contribution in [1.29, 1.82) is 0 Å². The van der Waals surface area contributed by atoms with Crippen molar-refractivity contribution in [3.63, 3.8) is 0 Å². The number of benzene rings is 2. The zero-order chi connectivity index (χ0) is 21.6. The molecule has 2 aromatic rings. The summed E-state index contributed by atoms with van der Waals surface area (Å²) in [5.74, 6) is -0.535. The summed E-state index contributed by atoms with van der Waals surface area (Å²) in [4.78, 5) is 26.1. The van der Waals surface area contributed by atoms with Crippen molar-refractivity contribution in [1.82, 2.24) is 14.5 Å². The number of rotatable bonds is 6. The number of carbonyl (C=O) groups excluding carboxylic acids is 2. The number of amides is 2. The van der Waals surface area contributed by atoms with Crippen LogP contribution in [0.15, 0.2) is 60.0 Å². The van der Waals surface area contributed by atoms with Gasteiger partial charge in [0.05, 0.1) is 6.54 Å². The summed E-state index contributed by atoms with van der Waals surface area (Å²) in [6, 6.07) is 16.3. The van der Waals surface area contributed by atoms with E-state index < -0.39 is 10.0 Å². The molecule has 0 unspecified atom stereocenters. The standard InChI is InChI=1S/C22H25N3O4S/c1-18-6-5-9-20(16-18)22(27)23-17-21(26)24-11-13-25(14-12-24)30(28,29)15-10-19-7-3-2-4-8-19/h2-10,15-16H,11-14,17H2,1H3,(H,23,27). The van der Waals surface area contributed by atoms with Crippen LogP contribution < -0.4 is 5.32 Å². The highest BCUT2D eigenvalue weighted by Crippen LogP contribution is 2.12. The second kappa shape index (κ2) is 9.69. The molecule has 0 aliphatic carbocycles. The fraction of sp³-hybridized carbons (Fsp3) is 0.273. The molecule has 0 saturated carbocycles. The first kappa shape index (κ1) is 21.7. The first-order valence-electron chi connectivity index (χ1n) is 9.71. The van der Waals surface area contributed by atoms with E-state index in [1.165, 1.54) is 9.71 Å². The van der Waals surface area contributed by atoms with Crippen molar-refractivity contribution in [3.05, 3.63) is 76.7 Å². The number of hydrogen-bond donors (Lipinski definition) is 1. The van der Waals surface area contributed by atoms with Crippen LogP contribution in [-0.2, 0) is 14.8 Å². The van der Waals surface area contributed by atoms with Crippen molar-refractivity contribution in [3.8, 4) is 0 Å². The van der Waals surface area contributed by atoms with E-state index in [4.69, 9.17) is 0 Å². The van der Waals surface area contributed by atoms with Gasteiger partial charge in [0.25, 0.3) is 5.91 Å². The Morgan fingerprint density at radius 3 is 2.37 bits per heavy atom. The smallest absolute Gasteiger partial charge is 0.251 e. The van der Waals surface area contributed by atoms with E-state index >= 15 is 0 Å². The van der Waals surface area contributed by atoms with Crippen molar-refractivity contribution >= 4 is 27.9 Å². The number of nitrogens with one attached hydrogen (secondary N) is 1. The first-order chi connectivity index (χ1) is 14.3. The Balaban J connectivity index is 1.49. The van der Waals surface area contributed by atoms with Gasteiger partial charge < -0.3 is 10.2 Å². The maximum absolute atomic E-state index is 12.5. The minimum absolute atomic E-state index is 0.118. The summed E-state index contributed by atoms with van der Waals surface area (Å²) < 4.78 is 26.4. The average Bonchev–Trinajstić information content (AvgIpc) is 2.76. The molecular weight excluding hydrogens is 402 g/mol. The number of nitrogens with zero attached hydrogens (tertiary/aromatic N) is 2. The summed E-state index contributed by atoms with van der Waals surface area (Å²) in [7, 11) is -3.55. The molecule has 0 bridgehead atoms. The van der Waals surface area contributed by atoms with Gasteiger partial charge >= 0.3 is 0 Å². The van der Waals surface area contributed by atoms with E-state index in [0.29, 0.717) is 5.56 Å². The van der Waals surface area contributed by atoms with Crippen LogP contribution in [0.4, 0.5) is 0 Å². The number of carbonyl (C=O) groups is 2. The Kier molecular flexibility index (Phi) is 7.02. The summed E-state index contributed by atoms with van der Waals surface area (Å²) >= 11 is 0. The fourth-order valence-corrected chi connectivity index (χ4v) is 4.34. The Morgan fingerprint density at radius 1 is 1.00 bits per heavy atom. The molecule has 2 amide bonds. The van der Waals surface area contributed by atoms with Gasteiger partial charge in [-0.3, -0.25) is 9.59 Å². The summed E-state index contributed by atoms with van der Waals surface area (Å²) in [6.07, 6.45) is 1.56. The molecule has 0 spiro atoms. The minimum Gasteiger partial charge on any atom is -0.343 e. The largest absolute Gasteiger partial charge is 0.343 e. The van der Waals surface area contributed by atoms with E-state index in [0.717, 1.165) is 11.1 Å². The van der Waals surface area contributed by atoms with Crippen LogP contribution >= 0.6 is 0 Å². The quantitative estimate of drug-likeness (QED) is 0.763. The van der Waals surface area contributed by atoms with Crippen LogP contribution in [0, 0.1) is 6.92 Å².